The van der Waals surface area contributed by atoms with Gasteiger partial charge >= 0.3 is 0 Å². The van der Waals surface area contributed by atoms with Crippen LogP contribution in [-0.2, 0) is 0 Å². The highest BCUT2D eigenvalue weighted by Crippen LogP contribution is 2.39. The molecule has 0 unspecified atom stereocenters. The number of nitrogens with two attached hydrogens (primary N) is 1. The summed E-state index contributed by atoms with van der Waals surface area (Å²) in [5.41, 5.74) is 6.72. The normalized spacial score (nSPS) is 14.9. The van der Waals surface area contributed by atoms with Crippen LogP contribution < -0.4 is 10.5 Å². The van der Waals surface area contributed by atoms with E-state index in [9.17, 15) is 0 Å². The Morgan fingerprint density at radius 3 is 2.94 bits per heavy atom. The van der Waals surface area contributed by atoms with Crippen LogP contribution in [-0.4, -0.2) is 26.9 Å². The third kappa shape index (κ3) is 1.93. The summed E-state index contributed by atoms with van der Waals surface area (Å²) < 4.78 is 6.75. The van der Waals surface area contributed by atoms with E-state index in [0.717, 1.165) is 5.69 Å². The molecule has 0 atom stereocenters. The monoisotopic (exact) mass is 231 g/mol. The van der Waals surface area contributed by atoms with Crippen molar-refractivity contribution in [2.75, 3.05) is 12.8 Å². The first kappa shape index (κ1) is 10.1. The second-order valence-corrected chi connectivity index (χ2v) is 4.09. The molecule has 2 heterocycles. The summed E-state index contributed by atoms with van der Waals surface area (Å²) in [6, 6.07) is 3.72. The predicted octanol–water partition coefficient (Wildman–Crippen LogP) is 1.13. The molecule has 2 N–H and O–H groups in total. The molecule has 0 radical (unpaired) electrons. The van der Waals surface area contributed by atoms with Crippen molar-refractivity contribution in [1.29, 1.82) is 0 Å². The van der Waals surface area contributed by atoms with Crippen LogP contribution in [0.15, 0.2) is 18.3 Å². The summed E-state index contributed by atoms with van der Waals surface area (Å²) in [6.45, 7) is 0. The molecule has 1 aliphatic carbocycles. The largest absolute Gasteiger partial charge is 0.481 e. The van der Waals surface area contributed by atoms with E-state index in [-0.39, 0.29) is 5.95 Å². The minimum Gasteiger partial charge on any atom is -0.481 e. The fourth-order valence-electron chi connectivity index (χ4n) is 1.71. The van der Waals surface area contributed by atoms with Gasteiger partial charge in [-0.3, -0.25) is 0 Å². The minimum absolute atomic E-state index is 0.183. The van der Waals surface area contributed by atoms with Crippen molar-refractivity contribution in [2.45, 2.75) is 18.8 Å². The molecule has 1 aliphatic rings. The number of aromatic nitrogens is 4. The standard InChI is InChI=1S/C11H13N5O/c1-17-10-6-9(13-11(12)14-10)16-5-4-8(15-16)7-2-3-7/h4-7H,2-3H2,1H3,(H2,12,13,14). The van der Waals surface area contributed by atoms with Gasteiger partial charge in [0.15, 0.2) is 5.82 Å². The molecule has 0 amide bonds. The lowest BCUT2D eigenvalue weighted by Gasteiger charge is -2.04. The highest BCUT2D eigenvalue weighted by atomic mass is 16.5. The number of hydrogen-bond donors (Lipinski definition) is 1. The van der Waals surface area contributed by atoms with Crippen LogP contribution in [0.4, 0.5) is 5.95 Å². The molecule has 0 aliphatic heterocycles. The zero-order valence-corrected chi connectivity index (χ0v) is 9.50. The summed E-state index contributed by atoms with van der Waals surface area (Å²) in [7, 11) is 1.55. The zero-order valence-electron chi connectivity index (χ0n) is 9.50. The number of nitrogens with zero attached hydrogens (tertiary/aromatic N) is 4. The zero-order chi connectivity index (χ0) is 11.8. The first-order valence-corrected chi connectivity index (χ1v) is 5.51. The molecular formula is C11H13N5O. The second-order valence-electron chi connectivity index (χ2n) is 4.09. The molecule has 0 bridgehead atoms. The average Bonchev–Trinajstić information content (AvgIpc) is 3.06. The lowest BCUT2D eigenvalue weighted by Crippen LogP contribution is -2.05. The van der Waals surface area contributed by atoms with E-state index in [2.05, 4.69) is 15.1 Å². The van der Waals surface area contributed by atoms with Crippen molar-refractivity contribution >= 4 is 5.95 Å². The second kappa shape index (κ2) is 3.73. The Balaban J connectivity index is 1.98. The molecule has 6 heteroatoms. The maximum absolute atomic E-state index is 5.61. The maximum Gasteiger partial charge on any atom is 0.225 e. The fraction of sp³-hybridized carbons (Fsp3) is 0.364. The molecule has 2 aromatic heterocycles. The minimum atomic E-state index is 0.183. The van der Waals surface area contributed by atoms with Crippen LogP contribution in [0.2, 0.25) is 0 Å². The van der Waals surface area contributed by atoms with Gasteiger partial charge in [0.05, 0.1) is 12.8 Å². The van der Waals surface area contributed by atoms with E-state index in [4.69, 9.17) is 10.5 Å². The highest BCUT2D eigenvalue weighted by molar-refractivity contribution is 5.34. The van der Waals surface area contributed by atoms with Gasteiger partial charge in [-0.1, -0.05) is 0 Å². The Kier molecular flexibility index (Phi) is 2.21. The third-order valence-corrected chi connectivity index (χ3v) is 2.76. The van der Waals surface area contributed by atoms with Crippen molar-refractivity contribution in [1.82, 2.24) is 19.7 Å². The lowest BCUT2D eigenvalue weighted by atomic mass is 10.3. The van der Waals surface area contributed by atoms with Gasteiger partial charge in [0.25, 0.3) is 0 Å². The summed E-state index contributed by atoms with van der Waals surface area (Å²) in [5, 5.41) is 4.47. The van der Waals surface area contributed by atoms with Crippen LogP contribution in [0.1, 0.15) is 24.5 Å². The summed E-state index contributed by atoms with van der Waals surface area (Å²) in [4.78, 5) is 8.07. The Labute approximate surface area is 98.4 Å². The summed E-state index contributed by atoms with van der Waals surface area (Å²) >= 11 is 0. The molecule has 3 rings (SSSR count). The van der Waals surface area contributed by atoms with Crippen LogP contribution in [0.25, 0.3) is 5.82 Å². The van der Waals surface area contributed by atoms with Gasteiger partial charge in [-0.05, 0) is 18.9 Å². The smallest absolute Gasteiger partial charge is 0.225 e. The number of ether oxygens (including phenoxy) is 1. The molecule has 0 spiro atoms. The number of anilines is 1. The van der Waals surface area contributed by atoms with Gasteiger partial charge in [-0.2, -0.15) is 15.1 Å². The van der Waals surface area contributed by atoms with E-state index < -0.39 is 0 Å². The summed E-state index contributed by atoms with van der Waals surface area (Å²) in [5.74, 6) is 1.87. The SMILES string of the molecule is COc1cc(-n2ccc(C3CC3)n2)nc(N)n1. The Hall–Kier alpha value is -2.11. The van der Waals surface area contributed by atoms with E-state index in [0.29, 0.717) is 17.6 Å². The molecule has 0 aromatic carbocycles. The van der Waals surface area contributed by atoms with Gasteiger partial charge in [0.2, 0.25) is 11.8 Å². The summed E-state index contributed by atoms with van der Waals surface area (Å²) in [6.07, 6.45) is 4.34. The van der Waals surface area contributed by atoms with Crippen molar-refractivity contribution in [3.8, 4) is 11.7 Å². The molecule has 17 heavy (non-hydrogen) atoms. The van der Waals surface area contributed by atoms with E-state index in [1.165, 1.54) is 12.8 Å². The average molecular weight is 231 g/mol. The van der Waals surface area contributed by atoms with Crippen LogP contribution in [0.5, 0.6) is 5.88 Å². The van der Waals surface area contributed by atoms with Gasteiger partial charge in [0, 0.05) is 18.2 Å². The molecule has 88 valence electrons. The Morgan fingerprint density at radius 2 is 2.24 bits per heavy atom. The molecule has 0 saturated heterocycles. The number of methoxy groups -OCH3 is 1. The van der Waals surface area contributed by atoms with Gasteiger partial charge in [-0.15, -0.1) is 0 Å². The van der Waals surface area contributed by atoms with Crippen molar-refractivity contribution in [3.05, 3.63) is 24.0 Å². The molecule has 1 saturated carbocycles. The van der Waals surface area contributed by atoms with E-state index >= 15 is 0 Å². The van der Waals surface area contributed by atoms with Crippen LogP contribution in [0.3, 0.4) is 0 Å². The Bertz CT molecular complexity index is 547. The van der Waals surface area contributed by atoms with Crippen LogP contribution in [0, 0.1) is 0 Å². The first-order chi connectivity index (χ1) is 8.26. The predicted molar refractivity (Wildman–Crippen MR) is 62.1 cm³/mol. The number of nitrogen functional groups attached to an aromatic ring is 1. The van der Waals surface area contributed by atoms with Crippen molar-refractivity contribution in [3.63, 3.8) is 0 Å². The maximum atomic E-state index is 5.61. The van der Waals surface area contributed by atoms with Crippen LogP contribution >= 0.6 is 0 Å². The topological polar surface area (TPSA) is 78.8 Å². The quantitative estimate of drug-likeness (QED) is 0.856. The van der Waals surface area contributed by atoms with Crippen molar-refractivity contribution in [2.24, 2.45) is 0 Å². The van der Waals surface area contributed by atoms with Gasteiger partial charge in [0.1, 0.15) is 0 Å². The van der Waals surface area contributed by atoms with E-state index in [1.54, 1.807) is 17.9 Å². The fourth-order valence-corrected chi connectivity index (χ4v) is 1.71. The number of hydrogen-bond acceptors (Lipinski definition) is 5. The lowest BCUT2D eigenvalue weighted by molar-refractivity contribution is 0.397. The molecular weight excluding hydrogens is 218 g/mol. The molecule has 1 fully saturated rings. The van der Waals surface area contributed by atoms with Gasteiger partial charge < -0.3 is 10.5 Å². The van der Waals surface area contributed by atoms with Gasteiger partial charge in [-0.25, -0.2) is 4.68 Å². The third-order valence-electron chi connectivity index (χ3n) is 2.76. The molecule has 2 aromatic rings. The number of rotatable bonds is 3. The Morgan fingerprint density at radius 1 is 1.41 bits per heavy atom. The molecule has 6 nitrogen and oxygen atoms in total. The highest BCUT2D eigenvalue weighted by Gasteiger charge is 2.26. The van der Waals surface area contributed by atoms with Crippen molar-refractivity contribution < 1.29 is 4.74 Å². The van der Waals surface area contributed by atoms with E-state index in [1.807, 2.05) is 12.3 Å². The first-order valence-electron chi connectivity index (χ1n) is 5.51.